The first-order valence-corrected chi connectivity index (χ1v) is 12.8. The Morgan fingerprint density at radius 2 is 1.87 bits per heavy atom. The van der Waals surface area contributed by atoms with E-state index in [-0.39, 0.29) is 23.2 Å². The quantitative estimate of drug-likeness (QED) is 0.245. The number of hydrogen-bond donors (Lipinski definition) is 0. The lowest BCUT2D eigenvalue weighted by Gasteiger charge is -2.36. The largest absolute Gasteiger partial charge is 0.479 e. The summed E-state index contributed by atoms with van der Waals surface area (Å²) < 4.78 is 18.6. The molecule has 0 radical (unpaired) electrons. The molecule has 0 aliphatic heterocycles. The van der Waals surface area contributed by atoms with Gasteiger partial charge < -0.3 is 13.9 Å². The number of rotatable bonds is 9. The van der Waals surface area contributed by atoms with E-state index in [1.54, 1.807) is 19.2 Å². The zero-order valence-corrected chi connectivity index (χ0v) is 20.1. The SMILES string of the molecule is COc1nccc(C)c1-n1nc(OCCCO[Si](C)(C)C(C)(C)C)c([N+](=O)[O-])c1C. The molecule has 0 saturated heterocycles. The molecule has 0 atom stereocenters. The molecule has 2 aromatic heterocycles. The third-order valence-corrected chi connectivity index (χ3v) is 10.1. The van der Waals surface area contributed by atoms with Crippen LogP contribution in [0.4, 0.5) is 5.69 Å². The highest BCUT2D eigenvalue weighted by molar-refractivity contribution is 6.74. The van der Waals surface area contributed by atoms with Gasteiger partial charge in [-0.2, -0.15) is 0 Å². The lowest BCUT2D eigenvalue weighted by Crippen LogP contribution is -2.41. The molecule has 30 heavy (non-hydrogen) atoms. The van der Waals surface area contributed by atoms with Gasteiger partial charge >= 0.3 is 11.6 Å². The van der Waals surface area contributed by atoms with E-state index in [1.165, 1.54) is 11.8 Å². The number of pyridine rings is 1. The predicted molar refractivity (Wildman–Crippen MR) is 117 cm³/mol. The summed E-state index contributed by atoms with van der Waals surface area (Å²) in [4.78, 5) is 15.4. The van der Waals surface area contributed by atoms with E-state index in [4.69, 9.17) is 13.9 Å². The summed E-state index contributed by atoms with van der Waals surface area (Å²) >= 11 is 0. The predicted octanol–water partition coefficient (Wildman–Crippen LogP) is 4.59. The first-order chi connectivity index (χ1) is 13.9. The van der Waals surface area contributed by atoms with Crippen LogP contribution in [0.3, 0.4) is 0 Å². The van der Waals surface area contributed by atoms with E-state index in [9.17, 15) is 10.1 Å². The van der Waals surface area contributed by atoms with Gasteiger partial charge in [-0.25, -0.2) is 9.67 Å². The second kappa shape index (κ2) is 9.13. The van der Waals surface area contributed by atoms with Gasteiger partial charge in [-0.3, -0.25) is 10.1 Å². The van der Waals surface area contributed by atoms with Crippen molar-refractivity contribution in [1.82, 2.24) is 14.8 Å². The smallest absolute Gasteiger partial charge is 0.353 e. The molecule has 0 saturated carbocycles. The van der Waals surface area contributed by atoms with Crippen LogP contribution in [0.25, 0.3) is 5.69 Å². The van der Waals surface area contributed by atoms with E-state index in [0.717, 1.165) is 5.56 Å². The molecule has 0 aromatic carbocycles. The Morgan fingerprint density at radius 3 is 2.43 bits per heavy atom. The lowest BCUT2D eigenvalue weighted by molar-refractivity contribution is -0.386. The zero-order valence-electron chi connectivity index (χ0n) is 19.1. The molecule has 0 aliphatic carbocycles. The summed E-state index contributed by atoms with van der Waals surface area (Å²) in [5.41, 5.74) is 1.57. The van der Waals surface area contributed by atoms with Crippen LogP contribution in [-0.2, 0) is 4.43 Å². The van der Waals surface area contributed by atoms with Crippen molar-refractivity contribution >= 4 is 14.0 Å². The third kappa shape index (κ3) is 4.98. The number of aromatic nitrogens is 3. The molecule has 2 rings (SSSR count). The van der Waals surface area contributed by atoms with E-state index in [0.29, 0.717) is 30.3 Å². The molecule has 0 unspecified atom stereocenters. The van der Waals surface area contributed by atoms with Crippen LogP contribution in [0.15, 0.2) is 12.3 Å². The van der Waals surface area contributed by atoms with Crippen LogP contribution in [0.5, 0.6) is 11.8 Å². The van der Waals surface area contributed by atoms with Gasteiger partial charge in [0.2, 0.25) is 5.88 Å². The highest BCUT2D eigenvalue weighted by Gasteiger charge is 2.37. The maximum absolute atomic E-state index is 11.7. The fourth-order valence-electron chi connectivity index (χ4n) is 2.70. The summed E-state index contributed by atoms with van der Waals surface area (Å²) in [6.45, 7) is 15.2. The van der Waals surface area contributed by atoms with Gasteiger partial charge in [0.05, 0.1) is 18.6 Å². The van der Waals surface area contributed by atoms with Gasteiger partial charge in [-0.15, -0.1) is 5.10 Å². The summed E-state index contributed by atoms with van der Waals surface area (Å²) in [7, 11) is -0.335. The van der Waals surface area contributed by atoms with Crippen molar-refractivity contribution < 1.29 is 18.8 Å². The van der Waals surface area contributed by atoms with Crippen LogP contribution in [0.1, 0.15) is 38.4 Å². The van der Waals surface area contributed by atoms with Gasteiger partial charge in [0.1, 0.15) is 11.4 Å². The second-order valence-electron chi connectivity index (χ2n) is 8.70. The molecule has 166 valence electrons. The Hall–Kier alpha value is -2.46. The monoisotopic (exact) mass is 436 g/mol. The minimum absolute atomic E-state index is 0.0184. The summed E-state index contributed by atoms with van der Waals surface area (Å²) in [5.74, 6) is 0.319. The third-order valence-electron chi connectivity index (χ3n) is 5.53. The fourth-order valence-corrected chi connectivity index (χ4v) is 3.79. The van der Waals surface area contributed by atoms with Crippen molar-refractivity contribution in [1.29, 1.82) is 0 Å². The fraction of sp³-hybridized carbons (Fsp3) is 0.600. The number of hydrogen-bond acceptors (Lipinski definition) is 7. The van der Waals surface area contributed by atoms with E-state index in [2.05, 4.69) is 43.9 Å². The second-order valence-corrected chi connectivity index (χ2v) is 13.5. The van der Waals surface area contributed by atoms with Crippen LogP contribution in [0.2, 0.25) is 18.1 Å². The van der Waals surface area contributed by atoms with E-state index in [1.807, 2.05) is 6.92 Å². The Morgan fingerprint density at radius 1 is 1.20 bits per heavy atom. The molecule has 0 amide bonds. The van der Waals surface area contributed by atoms with Crippen LogP contribution >= 0.6 is 0 Å². The Bertz CT molecular complexity index is 905. The van der Waals surface area contributed by atoms with Crippen molar-refractivity contribution in [2.75, 3.05) is 20.3 Å². The number of aryl methyl sites for hydroxylation is 1. The number of methoxy groups -OCH3 is 1. The Balaban J connectivity index is 2.19. The summed E-state index contributed by atoms with van der Waals surface area (Å²) in [6, 6.07) is 1.80. The molecular weight excluding hydrogens is 404 g/mol. The molecule has 0 bridgehead atoms. The van der Waals surface area contributed by atoms with Crippen LogP contribution in [-0.4, -0.2) is 48.3 Å². The molecule has 0 N–H and O–H groups in total. The minimum Gasteiger partial charge on any atom is -0.479 e. The molecule has 9 nitrogen and oxygen atoms in total. The number of nitrogens with zero attached hydrogens (tertiary/aromatic N) is 4. The first-order valence-electron chi connectivity index (χ1n) is 9.91. The van der Waals surface area contributed by atoms with Gasteiger partial charge in [0.15, 0.2) is 8.32 Å². The van der Waals surface area contributed by atoms with Gasteiger partial charge in [-0.05, 0) is 43.6 Å². The highest BCUT2D eigenvalue weighted by atomic mass is 28.4. The Labute approximate surface area is 178 Å². The summed E-state index contributed by atoms with van der Waals surface area (Å²) in [5, 5.41) is 16.1. The molecule has 2 heterocycles. The van der Waals surface area contributed by atoms with Crippen molar-refractivity contribution in [3.05, 3.63) is 33.6 Å². The standard InChI is InChI=1S/C20H32N4O5Si/c1-14-10-11-21-18(27-6)16(14)23-15(2)17(24(25)26)19(22-23)28-12-9-13-29-30(7,8)20(3,4)5/h10-11H,9,12-13H2,1-8H3. The molecule has 2 aromatic rings. The van der Waals surface area contributed by atoms with E-state index >= 15 is 0 Å². The topological polar surface area (TPSA) is 102 Å². The van der Waals surface area contributed by atoms with Gasteiger partial charge in [-0.1, -0.05) is 20.8 Å². The minimum atomic E-state index is -1.83. The number of nitro groups is 1. The lowest BCUT2D eigenvalue weighted by atomic mass is 10.2. The molecule has 0 aliphatic rings. The van der Waals surface area contributed by atoms with Crippen molar-refractivity contribution in [2.45, 2.75) is 59.2 Å². The van der Waals surface area contributed by atoms with Crippen molar-refractivity contribution in [3.63, 3.8) is 0 Å². The zero-order chi connectivity index (χ0) is 22.7. The van der Waals surface area contributed by atoms with Gasteiger partial charge in [0, 0.05) is 19.2 Å². The van der Waals surface area contributed by atoms with Crippen molar-refractivity contribution in [2.24, 2.45) is 0 Å². The molecule has 10 heteroatoms. The maximum atomic E-state index is 11.7. The van der Waals surface area contributed by atoms with Crippen LogP contribution < -0.4 is 9.47 Å². The molecule has 0 spiro atoms. The Kier molecular flexibility index (Phi) is 7.25. The highest BCUT2D eigenvalue weighted by Crippen LogP contribution is 2.37. The summed E-state index contributed by atoms with van der Waals surface area (Å²) in [6.07, 6.45) is 2.23. The normalized spacial score (nSPS) is 12.1. The van der Waals surface area contributed by atoms with Crippen molar-refractivity contribution in [3.8, 4) is 17.4 Å². The first kappa shape index (κ1) is 23.8. The maximum Gasteiger partial charge on any atom is 0.353 e. The number of ether oxygens (including phenoxy) is 2. The molecule has 0 fully saturated rings. The average Bonchev–Trinajstić information content (AvgIpc) is 2.96. The molecular formula is C20H32N4O5Si. The van der Waals surface area contributed by atoms with E-state index < -0.39 is 13.2 Å². The average molecular weight is 437 g/mol. The van der Waals surface area contributed by atoms with Crippen LogP contribution in [0, 0.1) is 24.0 Å². The van der Waals surface area contributed by atoms with Gasteiger partial charge in [0.25, 0.3) is 0 Å².